The first-order valence-corrected chi connectivity index (χ1v) is 12.6. The van der Waals surface area contributed by atoms with Gasteiger partial charge in [0.25, 0.3) is 0 Å². The summed E-state index contributed by atoms with van der Waals surface area (Å²) < 4.78 is 2.40. The van der Waals surface area contributed by atoms with Crippen molar-refractivity contribution in [2.45, 2.75) is 21.7 Å². The summed E-state index contributed by atoms with van der Waals surface area (Å²) >= 11 is -1.36. The number of hydrogen-bond donors (Lipinski definition) is 0. The van der Waals surface area contributed by atoms with Crippen LogP contribution in [0.5, 0.6) is 0 Å². The van der Waals surface area contributed by atoms with Crippen molar-refractivity contribution >= 4 is 18.4 Å². The molecule has 0 nitrogen and oxygen atoms in total. The van der Waals surface area contributed by atoms with Gasteiger partial charge in [-0.2, -0.15) is 0 Å². The van der Waals surface area contributed by atoms with Crippen molar-refractivity contribution in [3.05, 3.63) is 4.44 Å². The first-order chi connectivity index (χ1) is 2.56. The van der Waals surface area contributed by atoms with Gasteiger partial charge < -0.3 is 0 Å². The van der Waals surface area contributed by atoms with Gasteiger partial charge in [0, 0.05) is 0 Å². The van der Waals surface area contributed by atoms with Gasteiger partial charge >= 0.3 is 44.6 Å². The molecule has 0 aromatic rings. The predicted octanol–water partition coefficient (Wildman–Crippen LogP) is 2.09. The summed E-state index contributed by atoms with van der Waals surface area (Å²) in [7, 11) is 0. The Labute approximate surface area is 44.8 Å². The van der Waals surface area contributed by atoms with Crippen LogP contribution in [0.15, 0.2) is 0 Å². The van der Waals surface area contributed by atoms with Crippen LogP contribution in [0.1, 0.15) is 6.92 Å². The molecule has 37 valence electrons. The normalized spacial score (nSPS) is 12.0. The van der Waals surface area contributed by atoms with Crippen LogP contribution >= 0.6 is 0 Å². The summed E-state index contributed by atoms with van der Waals surface area (Å²) in [5, 5.41) is 0. The van der Waals surface area contributed by atoms with E-state index < -0.39 is 18.4 Å². The van der Waals surface area contributed by atoms with Crippen molar-refractivity contribution in [2.24, 2.45) is 0 Å². The molecular formula is C5H13Sn. The Balaban J connectivity index is 3.17. The molecule has 1 heteroatoms. The summed E-state index contributed by atoms with van der Waals surface area (Å²) in [4.78, 5) is 7.19. The molecule has 0 aliphatic heterocycles. The molecule has 0 aromatic carbocycles. The maximum atomic E-state index is 2.40. The molecule has 0 heterocycles. The van der Waals surface area contributed by atoms with Crippen LogP contribution < -0.4 is 0 Å². The van der Waals surface area contributed by atoms with E-state index in [-0.39, 0.29) is 0 Å². The Kier molecular flexibility index (Phi) is 2.49. The van der Waals surface area contributed by atoms with Crippen LogP contribution in [-0.4, -0.2) is 18.4 Å². The van der Waals surface area contributed by atoms with E-state index in [4.69, 9.17) is 0 Å². The molecule has 1 radical (unpaired) electrons. The van der Waals surface area contributed by atoms with Crippen LogP contribution in [0.2, 0.25) is 14.8 Å². The Bertz CT molecular complexity index is 33.7. The predicted molar refractivity (Wildman–Crippen MR) is 33.3 cm³/mol. The monoisotopic (exact) mass is 193 g/mol. The fourth-order valence-corrected chi connectivity index (χ4v) is 0. The van der Waals surface area contributed by atoms with E-state index in [1.54, 1.807) is 0 Å². The summed E-state index contributed by atoms with van der Waals surface area (Å²) in [6, 6.07) is 0. The van der Waals surface area contributed by atoms with E-state index in [2.05, 4.69) is 26.2 Å². The summed E-state index contributed by atoms with van der Waals surface area (Å²) in [5.74, 6) is 0. The minimum absolute atomic E-state index is 1.36. The van der Waals surface area contributed by atoms with Gasteiger partial charge in [-0.05, 0) is 0 Å². The molecule has 0 aliphatic carbocycles. The third-order valence-corrected chi connectivity index (χ3v) is 5.81. The van der Waals surface area contributed by atoms with Crippen molar-refractivity contribution < 1.29 is 0 Å². The van der Waals surface area contributed by atoms with Gasteiger partial charge in [0.05, 0.1) is 0 Å². The van der Waals surface area contributed by atoms with E-state index in [0.717, 1.165) is 0 Å². The molecule has 0 saturated heterocycles. The Morgan fingerprint density at radius 3 is 1.33 bits per heavy atom. The summed E-state index contributed by atoms with van der Waals surface area (Å²) in [6.45, 7) is 2.18. The second-order valence-corrected chi connectivity index (χ2v) is 17.8. The van der Waals surface area contributed by atoms with Gasteiger partial charge in [0.2, 0.25) is 0 Å². The average Bonchev–Trinajstić information content (AvgIpc) is 1.35. The standard InChI is InChI=1S/C2H4.3CH3.Sn/c1-2;;;;/h1H,2H3;3*1H3;. The van der Waals surface area contributed by atoms with Crippen LogP contribution in [0.25, 0.3) is 0 Å². The first-order valence-electron chi connectivity index (χ1n) is 2.37. The van der Waals surface area contributed by atoms with Gasteiger partial charge in [0.1, 0.15) is 0 Å². The number of rotatable bonds is 1. The van der Waals surface area contributed by atoms with E-state index in [0.29, 0.717) is 0 Å². The molecule has 0 unspecified atom stereocenters. The average molecular weight is 192 g/mol. The Morgan fingerprint density at radius 2 is 1.33 bits per heavy atom. The van der Waals surface area contributed by atoms with Crippen LogP contribution in [0, 0.1) is 4.44 Å². The molecule has 0 bridgehead atoms. The van der Waals surface area contributed by atoms with Gasteiger partial charge in [-0.1, -0.05) is 0 Å². The summed E-state index contributed by atoms with van der Waals surface area (Å²) in [5.41, 5.74) is 0. The Morgan fingerprint density at radius 1 is 1.17 bits per heavy atom. The molecule has 0 aliphatic rings. The fraction of sp³-hybridized carbons (Fsp3) is 0.800. The molecule has 0 atom stereocenters. The van der Waals surface area contributed by atoms with Crippen molar-refractivity contribution in [1.29, 1.82) is 0 Å². The van der Waals surface area contributed by atoms with Crippen molar-refractivity contribution in [3.8, 4) is 0 Å². The SMILES string of the molecule is C[CH][Sn]([CH3])([CH3])[CH3]. The van der Waals surface area contributed by atoms with Crippen LogP contribution in [0.4, 0.5) is 0 Å². The molecule has 0 aromatic heterocycles. The maximum absolute atomic E-state index is 2.40. The molecule has 0 fully saturated rings. The quantitative estimate of drug-likeness (QED) is 0.557. The molecular weight excluding hydrogens is 179 g/mol. The number of hydrogen-bond acceptors (Lipinski definition) is 0. The van der Waals surface area contributed by atoms with Crippen molar-refractivity contribution in [1.82, 2.24) is 0 Å². The van der Waals surface area contributed by atoms with Crippen molar-refractivity contribution in [3.63, 3.8) is 0 Å². The van der Waals surface area contributed by atoms with Crippen LogP contribution in [0.3, 0.4) is 0 Å². The van der Waals surface area contributed by atoms with E-state index in [9.17, 15) is 0 Å². The topological polar surface area (TPSA) is 0 Å². The van der Waals surface area contributed by atoms with Crippen LogP contribution in [-0.2, 0) is 0 Å². The van der Waals surface area contributed by atoms with E-state index in [1.165, 1.54) is 0 Å². The molecule has 0 N–H and O–H groups in total. The van der Waals surface area contributed by atoms with Gasteiger partial charge in [0.15, 0.2) is 0 Å². The molecule has 0 saturated carbocycles. The summed E-state index contributed by atoms with van der Waals surface area (Å²) in [6.07, 6.45) is 0. The van der Waals surface area contributed by atoms with Crippen molar-refractivity contribution in [2.75, 3.05) is 0 Å². The van der Waals surface area contributed by atoms with Gasteiger partial charge in [-0.25, -0.2) is 0 Å². The Hall–Kier alpha value is 0.799. The van der Waals surface area contributed by atoms with Gasteiger partial charge in [-0.3, -0.25) is 0 Å². The minimum atomic E-state index is -1.36. The first kappa shape index (κ1) is 6.80. The fourth-order valence-electron chi connectivity index (χ4n) is 0. The zero-order valence-corrected chi connectivity index (χ0v) is 7.93. The van der Waals surface area contributed by atoms with E-state index in [1.807, 2.05) is 0 Å². The zero-order chi connectivity index (χ0) is 5.21. The molecule has 6 heavy (non-hydrogen) atoms. The molecule has 0 amide bonds. The second kappa shape index (κ2) is 2.20. The molecule has 0 spiro atoms. The third-order valence-electron chi connectivity index (χ3n) is 0.866. The van der Waals surface area contributed by atoms with Gasteiger partial charge in [-0.15, -0.1) is 0 Å². The van der Waals surface area contributed by atoms with E-state index >= 15 is 0 Å². The molecule has 0 rings (SSSR count). The third kappa shape index (κ3) is 4.80. The zero-order valence-electron chi connectivity index (χ0n) is 5.08. The second-order valence-electron chi connectivity index (χ2n) is 2.65.